The molecule has 0 saturated heterocycles. The van der Waals surface area contributed by atoms with Crippen molar-refractivity contribution in [2.75, 3.05) is 19.6 Å². The van der Waals surface area contributed by atoms with Gasteiger partial charge in [-0.2, -0.15) is 0 Å². The quantitative estimate of drug-likeness (QED) is 0.841. The Morgan fingerprint density at radius 3 is 1.71 bits per heavy atom. The molecule has 7 heteroatoms. The average Bonchev–Trinajstić information content (AvgIpc) is 2.78. The number of aromatic nitrogens is 1. The molecular weight excluding hydrogens is 276 g/mol. The molecule has 0 atom stereocenters. The minimum absolute atomic E-state index is 0.197. The van der Waals surface area contributed by atoms with Crippen LogP contribution >= 0.6 is 0 Å². The zero-order valence-corrected chi connectivity index (χ0v) is 12.3. The van der Waals surface area contributed by atoms with E-state index in [0.717, 1.165) is 24.0 Å². The van der Waals surface area contributed by atoms with Crippen LogP contribution in [0.3, 0.4) is 0 Å². The van der Waals surface area contributed by atoms with Gasteiger partial charge >= 0.3 is 11.9 Å². The standard InChI is InChI=1S/C14H18N2O5/c1-8(17)15-16-11(13(18)20-2)9-6-4-5-7-10(9)12(16)14(19)21-3/h4-7H2,1-3H3,(H,15,17). The predicted octanol–water partition coefficient (Wildman–Crippen LogP) is 1.03. The van der Waals surface area contributed by atoms with Gasteiger partial charge in [-0.05, 0) is 36.8 Å². The number of hydrogen-bond acceptors (Lipinski definition) is 5. The molecule has 1 heterocycles. The molecule has 0 spiro atoms. The summed E-state index contributed by atoms with van der Waals surface area (Å²) in [6.07, 6.45) is 3.16. The van der Waals surface area contributed by atoms with E-state index in [4.69, 9.17) is 9.47 Å². The Balaban J connectivity index is 2.72. The summed E-state index contributed by atoms with van der Waals surface area (Å²) < 4.78 is 10.8. The number of nitrogens with zero attached hydrogens (tertiary/aromatic N) is 1. The normalized spacial score (nSPS) is 13.3. The highest BCUT2D eigenvalue weighted by Gasteiger charge is 2.33. The molecule has 0 unspecified atom stereocenters. The van der Waals surface area contributed by atoms with Crippen LogP contribution in [0.1, 0.15) is 51.9 Å². The molecule has 1 amide bonds. The minimum atomic E-state index is -0.586. The smallest absolute Gasteiger partial charge is 0.356 e. The zero-order chi connectivity index (χ0) is 15.6. The Bertz CT molecular complexity index is 559. The summed E-state index contributed by atoms with van der Waals surface area (Å²) in [4.78, 5) is 35.5. The van der Waals surface area contributed by atoms with Gasteiger partial charge in [-0.25, -0.2) is 14.3 Å². The first-order valence-electron chi connectivity index (χ1n) is 6.72. The van der Waals surface area contributed by atoms with Gasteiger partial charge in [0.25, 0.3) is 0 Å². The summed E-state index contributed by atoms with van der Waals surface area (Å²) in [5.74, 6) is -1.56. The van der Waals surface area contributed by atoms with Gasteiger partial charge in [-0.15, -0.1) is 0 Å². The van der Waals surface area contributed by atoms with E-state index in [9.17, 15) is 14.4 Å². The number of ether oxygens (including phenoxy) is 2. The van der Waals surface area contributed by atoms with Gasteiger partial charge in [-0.1, -0.05) is 0 Å². The van der Waals surface area contributed by atoms with Crippen molar-refractivity contribution in [3.8, 4) is 0 Å². The van der Waals surface area contributed by atoms with Gasteiger partial charge in [0.05, 0.1) is 14.2 Å². The number of carbonyl (C=O) groups excluding carboxylic acids is 3. The monoisotopic (exact) mass is 294 g/mol. The van der Waals surface area contributed by atoms with Crippen LogP contribution in [-0.4, -0.2) is 36.7 Å². The molecule has 0 aromatic carbocycles. The maximum Gasteiger partial charge on any atom is 0.356 e. The molecule has 0 saturated carbocycles. The highest BCUT2D eigenvalue weighted by Crippen LogP contribution is 2.31. The van der Waals surface area contributed by atoms with Crippen molar-refractivity contribution in [2.45, 2.75) is 32.6 Å². The van der Waals surface area contributed by atoms with E-state index in [1.54, 1.807) is 0 Å². The summed E-state index contributed by atoms with van der Waals surface area (Å²) in [7, 11) is 2.53. The van der Waals surface area contributed by atoms with Crippen LogP contribution in [-0.2, 0) is 27.1 Å². The van der Waals surface area contributed by atoms with Crippen molar-refractivity contribution < 1.29 is 23.9 Å². The number of fused-ring (bicyclic) bond motifs is 1. The number of rotatable bonds is 3. The van der Waals surface area contributed by atoms with Crippen molar-refractivity contribution in [3.05, 3.63) is 22.5 Å². The molecule has 1 N–H and O–H groups in total. The molecule has 21 heavy (non-hydrogen) atoms. The average molecular weight is 294 g/mol. The predicted molar refractivity (Wildman–Crippen MR) is 73.8 cm³/mol. The second kappa shape index (κ2) is 5.99. The van der Waals surface area contributed by atoms with Crippen molar-refractivity contribution in [2.24, 2.45) is 0 Å². The third-order valence-electron chi connectivity index (χ3n) is 3.51. The van der Waals surface area contributed by atoms with E-state index in [1.165, 1.54) is 25.8 Å². The number of hydrogen-bond donors (Lipinski definition) is 1. The van der Waals surface area contributed by atoms with E-state index in [0.29, 0.717) is 12.8 Å². The molecule has 1 aliphatic carbocycles. The van der Waals surface area contributed by atoms with Crippen molar-refractivity contribution in [1.29, 1.82) is 0 Å². The van der Waals surface area contributed by atoms with Gasteiger partial charge in [0, 0.05) is 6.92 Å². The number of nitrogens with one attached hydrogen (secondary N) is 1. The largest absolute Gasteiger partial charge is 0.464 e. The molecular formula is C14H18N2O5. The molecule has 1 aromatic rings. The van der Waals surface area contributed by atoms with Gasteiger partial charge in [0.2, 0.25) is 5.91 Å². The van der Waals surface area contributed by atoms with Crippen LogP contribution in [0, 0.1) is 0 Å². The topological polar surface area (TPSA) is 86.6 Å². The van der Waals surface area contributed by atoms with Crippen molar-refractivity contribution in [1.82, 2.24) is 4.68 Å². The Morgan fingerprint density at radius 1 is 0.952 bits per heavy atom. The Morgan fingerprint density at radius 2 is 1.38 bits per heavy atom. The van der Waals surface area contributed by atoms with E-state index < -0.39 is 17.8 Å². The highest BCUT2D eigenvalue weighted by atomic mass is 16.5. The molecule has 1 aromatic heterocycles. The van der Waals surface area contributed by atoms with Crippen molar-refractivity contribution in [3.63, 3.8) is 0 Å². The number of esters is 2. The van der Waals surface area contributed by atoms with Crippen LogP contribution in [0.4, 0.5) is 0 Å². The molecule has 7 nitrogen and oxygen atoms in total. The third kappa shape index (κ3) is 2.63. The SMILES string of the molecule is COC(=O)c1c2c(c(C(=O)OC)n1NC(C)=O)CCCC2. The number of amides is 1. The van der Waals surface area contributed by atoms with Gasteiger partial charge in [0.15, 0.2) is 11.4 Å². The lowest BCUT2D eigenvalue weighted by Gasteiger charge is -2.12. The summed E-state index contributed by atoms with van der Waals surface area (Å²) in [5, 5.41) is 0. The molecule has 0 bridgehead atoms. The first-order chi connectivity index (χ1) is 10.0. The fourth-order valence-corrected chi connectivity index (χ4v) is 2.70. The number of carbonyl (C=O) groups is 3. The maximum absolute atomic E-state index is 12.1. The summed E-state index contributed by atoms with van der Waals surface area (Å²) in [6.45, 7) is 1.31. The molecule has 114 valence electrons. The Labute approximate surface area is 122 Å². The van der Waals surface area contributed by atoms with E-state index >= 15 is 0 Å². The van der Waals surface area contributed by atoms with E-state index in [-0.39, 0.29) is 11.4 Å². The lowest BCUT2D eigenvalue weighted by Crippen LogP contribution is -2.28. The Kier molecular flexibility index (Phi) is 4.30. The first-order valence-corrected chi connectivity index (χ1v) is 6.72. The fraction of sp³-hybridized carbons (Fsp3) is 0.500. The van der Waals surface area contributed by atoms with Crippen LogP contribution in [0.2, 0.25) is 0 Å². The molecule has 0 radical (unpaired) electrons. The van der Waals surface area contributed by atoms with Crippen LogP contribution in [0.5, 0.6) is 0 Å². The first kappa shape index (κ1) is 15.1. The zero-order valence-electron chi connectivity index (χ0n) is 12.3. The third-order valence-corrected chi connectivity index (χ3v) is 3.51. The van der Waals surface area contributed by atoms with Crippen LogP contribution in [0.25, 0.3) is 0 Å². The number of methoxy groups -OCH3 is 2. The van der Waals surface area contributed by atoms with Gasteiger partial charge in [0.1, 0.15) is 0 Å². The highest BCUT2D eigenvalue weighted by molar-refractivity contribution is 5.98. The van der Waals surface area contributed by atoms with Gasteiger partial charge in [-0.3, -0.25) is 10.2 Å². The summed E-state index contributed by atoms with van der Waals surface area (Å²) in [6, 6.07) is 0. The van der Waals surface area contributed by atoms with Crippen LogP contribution < -0.4 is 5.43 Å². The van der Waals surface area contributed by atoms with E-state index in [2.05, 4.69) is 5.43 Å². The molecule has 0 aliphatic heterocycles. The van der Waals surface area contributed by atoms with E-state index in [1.807, 2.05) is 0 Å². The van der Waals surface area contributed by atoms with Crippen LogP contribution in [0.15, 0.2) is 0 Å². The summed E-state index contributed by atoms with van der Waals surface area (Å²) in [5.41, 5.74) is 4.40. The summed E-state index contributed by atoms with van der Waals surface area (Å²) >= 11 is 0. The maximum atomic E-state index is 12.1. The lowest BCUT2D eigenvalue weighted by atomic mass is 9.92. The fourth-order valence-electron chi connectivity index (χ4n) is 2.70. The Hall–Kier alpha value is -2.31. The van der Waals surface area contributed by atoms with Gasteiger partial charge < -0.3 is 9.47 Å². The lowest BCUT2D eigenvalue weighted by molar-refractivity contribution is -0.115. The second-order valence-electron chi connectivity index (χ2n) is 4.85. The molecule has 2 rings (SSSR count). The minimum Gasteiger partial charge on any atom is -0.464 e. The molecule has 0 fully saturated rings. The second-order valence-corrected chi connectivity index (χ2v) is 4.85. The van der Waals surface area contributed by atoms with Crippen molar-refractivity contribution >= 4 is 17.8 Å². The molecule has 1 aliphatic rings.